The van der Waals surface area contributed by atoms with Crippen LogP contribution in [0.5, 0.6) is 0 Å². The van der Waals surface area contributed by atoms with Crippen molar-refractivity contribution in [2.75, 3.05) is 19.7 Å². The average Bonchev–Trinajstić information content (AvgIpc) is 3.04. The normalized spacial score (nSPS) is 12.2. The lowest BCUT2D eigenvalue weighted by molar-refractivity contribution is -0.147. The van der Waals surface area contributed by atoms with Crippen molar-refractivity contribution in [1.29, 1.82) is 0 Å². The summed E-state index contributed by atoms with van der Waals surface area (Å²) in [5, 5.41) is 11.1. The lowest BCUT2D eigenvalue weighted by Crippen LogP contribution is -2.35. The number of hydrogen-bond donors (Lipinski definition) is 1. The van der Waals surface area contributed by atoms with E-state index >= 15 is 0 Å². The number of aliphatic hydroxyl groups is 1. The molecule has 2 heterocycles. The lowest BCUT2D eigenvalue weighted by atomic mass is 10.3. The molecule has 0 atom stereocenters. The van der Waals surface area contributed by atoms with E-state index in [0.29, 0.717) is 22.9 Å². The van der Waals surface area contributed by atoms with Gasteiger partial charge in [0.2, 0.25) is 0 Å². The molecule has 116 valence electrons. The number of aliphatic hydroxyl groups excluding tert-OH is 1. The average molecular weight is 320 g/mol. The minimum Gasteiger partial charge on any atom is -0.462 e. The predicted molar refractivity (Wildman–Crippen MR) is 72.9 cm³/mol. The number of halogens is 3. The SMILES string of the molecule is OCCCN(Cc1csc(-c2ccco2)n1)CC(F)(F)F. The highest BCUT2D eigenvalue weighted by molar-refractivity contribution is 7.13. The Labute approximate surface area is 123 Å². The highest BCUT2D eigenvalue weighted by atomic mass is 32.1. The van der Waals surface area contributed by atoms with Crippen molar-refractivity contribution in [3.8, 4) is 10.8 Å². The van der Waals surface area contributed by atoms with Crippen LogP contribution in [0.25, 0.3) is 10.8 Å². The van der Waals surface area contributed by atoms with Crippen LogP contribution < -0.4 is 0 Å². The Hall–Kier alpha value is -1.38. The molecule has 0 aliphatic heterocycles. The summed E-state index contributed by atoms with van der Waals surface area (Å²) in [5.41, 5.74) is 0.564. The van der Waals surface area contributed by atoms with E-state index in [1.54, 1.807) is 17.5 Å². The standard InChI is InChI=1S/C13H15F3N2O2S/c14-13(15,16)9-18(4-2-5-19)7-10-8-21-12(17-10)11-3-1-6-20-11/h1,3,6,8,19H,2,4-5,7,9H2. The summed E-state index contributed by atoms with van der Waals surface area (Å²) in [5.74, 6) is 0.601. The Balaban J connectivity index is 2.02. The van der Waals surface area contributed by atoms with Crippen LogP contribution in [0.2, 0.25) is 0 Å². The van der Waals surface area contributed by atoms with E-state index in [-0.39, 0.29) is 19.7 Å². The third kappa shape index (κ3) is 5.14. The quantitative estimate of drug-likeness (QED) is 0.851. The largest absolute Gasteiger partial charge is 0.462 e. The highest BCUT2D eigenvalue weighted by Crippen LogP contribution is 2.25. The van der Waals surface area contributed by atoms with Gasteiger partial charge in [0.05, 0.1) is 18.5 Å². The van der Waals surface area contributed by atoms with Gasteiger partial charge in [-0.3, -0.25) is 4.90 Å². The van der Waals surface area contributed by atoms with Crippen molar-refractivity contribution in [2.24, 2.45) is 0 Å². The Kier molecular flexibility index (Phi) is 5.38. The van der Waals surface area contributed by atoms with Gasteiger partial charge in [-0.25, -0.2) is 4.98 Å². The van der Waals surface area contributed by atoms with E-state index in [2.05, 4.69) is 4.98 Å². The molecular weight excluding hydrogens is 305 g/mol. The molecule has 0 radical (unpaired) electrons. The zero-order chi connectivity index (χ0) is 15.3. The van der Waals surface area contributed by atoms with Crippen LogP contribution >= 0.6 is 11.3 Å². The Morgan fingerprint density at radius 2 is 2.19 bits per heavy atom. The van der Waals surface area contributed by atoms with Crippen LogP contribution in [-0.2, 0) is 6.54 Å². The van der Waals surface area contributed by atoms with Gasteiger partial charge < -0.3 is 9.52 Å². The molecule has 0 unspecified atom stereocenters. The fraction of sp³-hybridized carbons (Fsp3) is 0.462. The van der Waals surface area contributed by atoms with Gasteiger partial charge in [0.25, 0.3) is 0 Å². The number of alkyl halides is 3. The molecule has 0 saturated heterocycles. The number of hydrogen-bond acceptors (Lipinski definition) is 5. The molecule has 0 fully saturated rings. The summed E-state index contributed by atoms with van der Waals surface area (Å²) < 4.78 is 42.8. The molecule has 0 spiro atoms. The van der Waals surface area contributed by atoms with Gasteiger partial charge >= 0.3 is 6.18 Å². The van der Waals surface area contributed by atoms with Crippen molar-refractivity contribution in [1.82, 2.24) is 9.88 Å². The summed E-state index contributed by atoms with van der Waals surface area (Å²) in [4.78, 5) is 5.52. The van der Waals surface area contributed by atoms with E-state index in [0.717, 1.165) is 0 Å². The topological polar surface area (TPSA) is 49.5 Å². The van der Waals surface area contributed by atoms with Crippen molar-refractivity contribution in [2.45, 2.75) is 19.1 Å². The molecule has 0 aliphatic rings. The fourth-order valence-electron chi connectivity index (χ4n) is 1.88. The van der Waals surface area contributed by atoms with Crippen LogP contribution in [0.3, 0.4) is 0 Å². The van der Waals surface area contributed by atoms with Gasteiger partial charge in [0.15, 0.2) is 10.8 Å². The predicted octanol–water partition coefficient (Wildman–Crippen LogP) is 3.15. The maximum Gasteiger partial charge on any atom is 0.401 e. The van der Waals surface area contributed by atoms with Crippen molar-refractivity contribution >= 4 is 11.3 Å². The second-order valence-corrected chi connectivity index (χ2v) is 5.38. The number of furan rings is 1. The van der Waals surface area contributed by atoms with Crippen molar-refractivity contribution < 1.29 is 22.7 Å². The van der Waals surface area contributed by atoms with Crippen molar-refractivity contribution in [3.05, 3.63) is 29.5 Å². The summed E-state index contributed by atoms with van der Waals surface area (Å²) in [7, 11) is 0. The molecular formula is C13H15F3N2O2S. The Morgan fingerprint density at radius 1 is 1.38 bits per heavy atom. The zero-order valence-electron chi connectivity index (χ0n) is 11.1. The van der Waals surface area contributed by atoms with Crippen LogP contribution in [0.4, 0.5) is 13.2 Å². The third-order valence-corrected chi connectivity index (χ3v) is 3.61. The summed E-state index contributed by atoms with van der Waals surface area (Å²) in [6, 6.07) is 3.48. The first kappa shape index (κ1) is 16.0. The molecule has 0 bridgehead atoms. The first-order valence-electron chi connectivity index (χ1n) is 6.36. The molecule has 2 rings (SSSR count). The van der Waals surface area contributed by atoms with Crippen LogP contribution in [0.15, 0.2) is 28.2 Å². The second-order valence-electron chi connectivity index (χ2n) is 4.52. The lowest BCUT2D eigenvalue weighted by Gasteiger charge is -2.22. The Bertz CT molecular complexity index is 540. The minimum atomic E-state index is -4.27. The molecule has 4 nitrogen and oxygen atoms in total. The van der Waals surface area contributed by atoms with Gasteiger partial charge in [-0.05, 0) is 18.6 Å². The molecule has 21 heavy (non-hydrogen) atoms. The number of rotatable bonds is 7. The van der Waals surface area contributed by atoms with Gasteiger partial charge in [-0.1, -0.05) is 0 Å². The molecule has 0 saturated carbocycles. The second kappa shape index (κ2) is 7.06. The van der Waals surface area contributed by atoms with E-state index in [1.165, 1.54) is 22.5 Å². The number of aromatic nitrogens is 1. The van der Waals surface area contributed by atoms with E-state index in [4.69, 9.17) is 9.52 Å². The van der Waals surface area contributed by atoms with E-state index in [1.807, 2.05) is 0 Å². The van der Waals surface area contributed by atoms with Crippen molar-refractivity contribution in [3.63, 3.8) is 0 Å². The van der Waals surface area contributed by atoms with Gasteiger partial charge in [-0.2, -0.15) is 13.2 Å². The molecule has 0 aromatic carbocycles. The first-order valence-corrected chi connectivity index (χ1v) is 7.24. The molecule has 1 N–H and O–H groups in total. The molecule has 8 heteroatoms. The number of thiazole rings is 1. The van der Waals surface area contributed by atoms with Gasteiger partial charge in [0, 0.05) is 25.1 Å². The maximum atomic E-state index is 12.5. The number of nitrogens with zero attached hydrogens (tertiary/aromatic N) is 2. The summed E-state index contributed by atoms with van der Waals surface area (Å²) in [6.45, 7) is -0.885. The highest BCUT2D eigenvalue weighted by Gasteiger charge is 2.30. The van der Waals surface area contributed by atoms with Gasteiger partial charge in [0.1, 0.15) is 0 Å². The summed E-state index contributed by atoms with van der Waals surface area (Å²) >= 11 is 1.33. The van der Waals surface area contributed by atoms with Gasteiger partial charge in [-0.15, -0.1) is 11.3 Å². The van der Waals surface area contributed by atoms with E-state index < -0.39 is 12.7 Å². The monoisotopic (exact) mass is 320 g/mol. The Morgan fingerprint density at radius 3 is 2.81 bits per heavy atom. The molecule has 0 amide bonds. The third-order valence-electron chi connectivity index (χ3n) is 2.70. The molecule has 0 aliphatic carbocycles. The van der Waals surface area contributed by atoms with E-state index in [9.17, 15) is 13.2 Å². The smallest absolute Gasteiger partial charge is 0.401 e. The summed E-state index contributed by atoms with van der Waals surface area (Å²) in [6.07, 6.45) is -2.45. The fourth-order valence-corrected chi connectivity index (χ4v) is 2.66. The van der Waals surface area contributed by atoms with Crippen LogP contribution in [0, 0.1) is 0 Å². The minimum absolute atomic E-state index is 0.0940. The van der Waals surface area contributed by atoms with Crippen LogP contribution in [-0.4, -0.2) is 40.9 Å². The zero-order valence-corrected chi connectivity index (χ0v) is 12.0. The maximum absolute atomic E-state index is 12.5. The molecule has 2 aromatic heterocycles. The first-order chi connectivity index (χ1) is 9.98. The molecule has 2 aromatic rings. The van der Waals surface area contributed by atoms with Crippen LogP contribution in [0.1, 0.15) is 12.1 Å².